The van der Waals surface area contributed by atoms with Gasteiger partial charge in [-0.05, 0) is 43.7 Å². The van der Waals surface area contributed by atoms with Crippen LogP contribution in [0.5, 0.6) is 5.75 Å². The number of ether oxygens (including phenoxy) is 1. The fourth-order valence-corrected chi connectivity index (χ4v) is 3.34. The summed E-state index contributed by atoms with van der Waals surface area (Å²) in [6.07, 6.45) is 0.785. The highest BCUT2D eigenvalue weighted by molar-refractivity contribution is 5.99. The Kier molecular flexibility index (Phi) is 3.53. The number of aryl methyl sites for hydroxylation is 2. The van der Waals surface area contributed by atoms with Gasteiger partial charge in [0.2, 0.25) is 0 Å². The summed E-state index contributed by atoms with van der Waals surface area (Å²) in [5, 5.41) is 4.26. The second-order valence-corrected chi connectivity index (χ2v) is 6.34. The lowest BCUT2D eigenvalue weighted by atomic mass is 10.00. The van der Waals surface area contributed by atoms with E-state index in [-0.39, 0.29) is 11.9 Å². The Bertz CT molecular complexity index is 927. The van der Waals surface area contributed by atoms with Gasteiger partial charge in [0.1, 0.15) is 5.75 Å². The molecule has 1 aromatic heterocycles. The maximum atomic E-state index is 12.7. The van der Waals surface area contributed by atoms with Gasteiger partial charge in [0.25, 0.3) is 5.91 Å². The molecular weight excluding hydrogens is 300 g/mol. The third kappa shape index (κ3) is 2.44. The van der Waals surface area contributed by atoms with Gasteiger partial charge in [-0.2, -0.15) is 0 Å². The minimum absolute atomic E-state index is 0.00722. The fourth-order valence-electron chi connectivity index (χ4n) is 3.34. The third-order valence-electron chi connectivity index (χ3n) is 4.83. The van der Waals surface area contributed by atoms with Crippen LogP contribution in [-0.2, 0) is 0 Å². The van der Waals surface area contributed by atoms with Gasteiger partial charge in [-0.15, -0.1) is 0 Å². The molecule has 4 nitrogen and oxygen atoms in total. The average molecular weight is 320 g/mol. The van der Waals surface area contributed by atoms with Gasteiger partial charge in [-0.25, -0.2) is 0 Å². The largest absolute Gasteiger partial charge is 0.493 e. The lowest BCUT2D eigenvalue weighted by Gasteiger charge is -2.26. The molecule has 122 valence electrons. The zero-order valence-electron chi connectivity index (χ0n) is 13.8. The molecule has 0 saturated heterocycles. The Morgan fingerprint density at radius 3 is 2.92 bits per heavy atom. The number of aromatic amines is 1. The van der Waals surface area contributed by atoms with E-state index in [1.54, 1.807) is 0 Å². The van der Waals surface area contributed by atoms with Gasteiger partial charge in [-0.1, -0.05) is 18.2 Å². The zero-order chi connectivity index (χ0) is 16.7. The lowest BCUT2D eigenvalue weighted by Crippen LogP contribution is -2.32. The first-order valence-electron chi connectivity index (χ1n) is 8.25. The summed E-state index contributed by atoms with van der Waals surface area (Å²) in [5.74, 6) is 0.818. The molecule has 1 aliphatic rings. The van der Waals surface area contributed by atoms with E-state index in [0.717, 1.165) is 34.3 Å². The van der Waals surface area contributed by atoms with Crippen LogP contribution < -0.4 is 10.1 Å². The molecular formula is C20H20N2O2. The summed E-state index contributed by atoms with van der Waals surface area (Å²) in [7, 11) is 0. The van der Waals surface area contributed by atoms with Crippen LogP contribution in [0.15, 0.2) is 42.5 Å². The Balaban J connectivity index is 1.62. The SMILES string of the molecule is Cc1[nH]c2ccc(C(=O)NC3CCOc4ccccc43)cc2c1C. The van der Waals surface area contributed by atoms with Crippen LogP contribution in [0.4, 0.5) is 0 Å². The third-order valence-corrected chi connectivity index (χ3v) is 4.83. The van der Waals surface area contributed by atoms with Gasteiger partial charge in [0.05, 0.1) is 12.6 Å². The molecule has 1 aliphatic heterocycles. The van der Waals surface area contributed by atoms with Gasteiger partial charge in [0.15, 0.2) is 0 Å². The number of fused-ring (bicyclic) bond motifs is 2. The van der Waals surface area contributed by atoms with E-state index in [1.165, 1.54) is 5.56 Å². The maximum absolute atomic E-state index is 12.7. The molecule has 2 aromatic carbocycles. The fraction of sp³-hybridized carbons (Fsp3) is 0.250. The molecule has 4 heteroatoms. The zero-order valence-corrected chi connectivity index (χ0v) is 13.8. The summed E-state index contributed by atoms with van der Waals surface area (Å²) in [6, 6.07) is 13.7. The Hall–Kier alpha value is -2.75. The Morgan fingerprint density at radius 1 is 1.21 bits per heavy atom. The van der Waals surface area contributed by atoms with E-state index in [0.29, 0.717) is 12.2 Å². The van der Waals surface area contributed by atoms with Crippen LogP contribution in [0, 0.1) is 13.8 Å². The van der Waals surface area contributed by atoms with Crippen molar-refractivity contribution in [1.82, 2.24) is 10.3 Å². The molecule has 0 spiro atoms. The van der Waals surface area contributed by atoms with Gasteiger partial charge >= 0.3 is 0 Å². The first-order chi connectivity index (χ1) is 11.6. The molecule has 1 amide bonds. The molecule has 0 saturated carbocycles. The first-order valence-corrected chi connectivity index (χ1v) is 8.25. The van der Waals surface area contributed by atoms with Crippen molar-refractivity contribution in [2.24, 2.45) is 0 Å². The van der Waals surface area contributed by atoms with Crippen LogP contribution in [-0.4, -0.2) is 17.5 Å². The summed E-state index contributed by atoms with van der Waals surface area (Å²) >= 11 is 0. The van der Waals surface area contributed by atoms with Crippen molar-refractivity contribution in [3.63, 3.8) is 0 Å². The summed E-state index contributed by atoms with van der Waals surface area (Å²) < 4.78 is 5.66. The van der Waals surface area contributed by atoms with Crippen molar-refractivity contribution in [2.75, 3.05) is 6.61 Å². The second kappa shape index (κ2) is 5.71. The summed E-state index contributed by atoms with van der Waals surface area (Å²) in [6.45, 7) is 4.75. The molecule has 2 heterocycles. The molecule has 3 aromatic rings. The average Bonchev–Trinajstić information content (AvgIpc) is 2.89. The van der Waals surface area contributed by atoms with Crippen LogP contribution in [0.3, 0.4) is 0 Å². The molecule has 0 fully saturated rings. The number of para-hydroxylation sites is 1. The van der Waals surface area contributed by atoms with Crippen molar-refractivity contribution in [3.05, 3.63) is 64.8 Å². The number of hydrogen-bond acceptors (Lipinski definition) is 2. The van der Waals surface area contributed by atoms with Crippen molar-refractivity contribution in [2.45, 2.75) is 26.3 Å². The standard InChI is InChI=1S/C20H20N2O2/c1-12-13(2)21-17-8-7-14(11-16(12)17)20(23)22-18-9-10-24-19-6-4-3-5-15(18)19/h3-8,11,18,21H,9-10H2,1-2H3,(H,22,23). The van der Waals surface area contributed by atoms with Crippen molar-refractivity contribution >= 4 is 16.8 Å². The predicted molar refractivity (Wildman–Crippen MR) is 94.5 cm³/mol. The molecule has 0 aliphatic carbocycles. The normalized spacial score (nSPS) is 16.5. The van der Waals surface area contributed by atoms with E-state index in [9.17, 15) is 4.79 Å². The molecule has 1 atom stereocenters. The Morgan fingerprint density at radius 2 is 2.04 bits per heavy atom. The van der Waals surface area contributed by atoms with E-state index in [2.05, 4.69) is 17.2 Å². The summed E-state index contributed by atoms with van der Waals surface area (Å²) in [4.78, 5) is 16.1. The molecule has 1 unspecified atom stereocenters. The number of benzene rings is 2. The van der Waals surface area contributed by atoms with E-state index in [1.807, 2.05) is 49.4 Å². The predicted octanol–water partition coefficient (Wildman–Crippen LogP) is 4.04. The smallest absolute Gasteiger partial charge is 0.251 e. The van der Waals surface area contributed by atoms with Crippen molar-refractivity contribution < 1.29 is 9.53 Å². The Labute approximate surface area is 140 Å². The molecule has 0 bridgehead atoms. The number of rotatable bonds is 2. The number of aromatic nitrogens is 1. The van der Waals surface area contributed by atoms with Gasteiger partial charge in [-0.3, -0.25) is 4.79 Å². The first kappa shape index (κ1) is 14.8. The number of amides is 1. The van der Waals surface area contributed by atoms with Crippen LogP contribution in [0.1, 0.15) is 39.6 Å². The topological polar surface area (TPSA) is 54.1 Å². The van der Waals surface area contributed by atoms with Crippen molar-refractivity contribution in [3.8, 4) is 5.75 Å². The van der Waals surface area contributed by atoms with Crippen LogP contribution >= 0.6 is 0 Å². The number of carbonyl (C=O) groups is 1. The second-order valence-electron chi connectivity index (χ2n) is 6.34. The van der Waals surface area contributed by atoms with Crippen LogP contribution in [0.25, 0.3) is 10.9 Å². The highest BCUT2D eigenvalue weighted by Gasteiger charge is 2.23. The lowest BCUT2D eigenvalue weighted by molar-refractivity contribution is 0.0925. The van der Waals surface area contributed by atoms with Gasteiger partial charge < -0.3 is 15.0 Å². The minimum atomic E-state index is -0.0446. The maximum Gasteiger partial charge on any atom is 0.251 e. The highest BCUT2D eigenvalue weighted by atomic mass is 16.5. The molecule has 24 heavy (non-hydrogen) atoms. The molecule has 0 radical (unpaired) electrons. The number of nitrogens with one attached hydrogen (secondary N) is 2. The number of hydrogen-bond donors (Lipinski definition) is 2. The minimum Gasteiger partial charge on any atom is -0.493 e. The number of H-pyrrole nitrogens is 1. The van der Waals surface area contributed by atoms with E-state index < -0.39 is 0 Å². The quantitative estimate of drug-likeness (QED) is 0.749. The van der Waals surface area contributed by atoms with Crippen LogP contribution in [0.2, 0.25) is 0 Å². The monoisotopic (exact) mass is 320 g/mol. The highest BCUT2D eigenvalue weighted by Crippen LogP contribution is 2.32. The van der Waals surface area contributed by atoms with Gasteiger partial charge in [0, 0.05) is 34.1 Å². The van der Waals surface area contributed by atoms with E-state index in [4.69, 9.17) is 4.74 Å². The summed E-state index contributed by atoms with van der Waals surface area (Å²) in [5.41, 5.74) is 5.13. The molecule has 4 rings (SSSR count). The van der Waals surface area contributed by atoms with E-state index >= 15 is 0 Å². The molecule has 2 N–H and O–H groups in total. The van der Waals surface area contributed by atoms with Crippen molar-refractivity contribution in [1.29, 1.82) is 0 Å². The number of carbonyl (C=O) groups excluding carboxylic acids is 1.